The van der Waals surface area contributed by atoms with Crippen molar-refractivity contribution in [3.8, 4) is 0 Å². The molecule has 0 aliphatic carbocycles. The molecule has 0 bridgehead atoms. The Hall–Kier alpha value is -1.07. The van der Waals surface area contributed by atoms with E-state index in [9.17, 15) is 13.2 Å². The Bertz CT molecular complexity index is 397. The van der Waals surface area contributed by atoms with Crippen molar-refractivity contribution in [1.82, 2.24) is 10.0 Å². The SMILES string of the molecule is CCC1CCN(N(Cc2ccccc2)C(F)(F)F)CC1. The molecule has 0 amide bonds. The van der Waals surface area contributed by atoms with Crippen LogP contribution in [0.25, 0.3) is 0 Å². The zero-order valence-electron chi connectivity index (χ0n) is 11.7. The second-order valence-corrected chi connectivity index (χ2v) is 5.32. The first-order valence-corrected chi connectivity index (χ1v) is 7.14. The normalized spacial score (nSPS) is 18.6. The third-order valence-electron chi connectivity index (χ3n) is 3.98. The molecule has 1 fully saturated rings. The molecule has 0 N–H and O–H groups in total. The van der Waals surface area contributed by atoms with Gasteiger partial charge in [-0.05, 0) is 24.3 Å². The van der Waals surface area contributed by atoms with Gasteiger partial charge < -0.3 is 0 Å². The lowest BCUT2D eigenvalue weighted by molar-refractivity contribution is -0.322. The molecule has 1 saturated heterocycles. The summed E-state index contributed by atoms with van der Waals surface area (Å²) in [5, 5.41) is 2.02. The number of hydrogen-bond donors (Lipinski definition) is 0. The maximum Gasteiger partial charge on any atom is 0.473 e. The molecule has 2 nitrogen and oxygen atoms in total. The molecule has 1 aromatic carbocycles. The first kappa shape index (κ1) is 15.3. The largest absolute Gasteiger partial charge is 0.473 e. The lowest BCUT2D eigenvalue weighted by Crippen LogP contribution is -2.53. The van der Waals surface area contributed by atoms with Crippen molar-refractivity contribution in [3.63, 3.8) is 0 Å². The summed E-state index contributed by atoms with van der Waals surface area (Å²) in [5.41, 5.74) is 0.683. The molecule has 1 aliphatic rings. The van der Waals surface area contributed by atoms with Gasteiger partial charge in [0.1, 0.15) is 0 Å². The molecule has 0 radical (unpaired) electrons. The van der Waals surface area contributed by atoms with E-state index in [2.05, 4.69) is 6.92 Å². The molecule has 0 saturated carbocycles. The smallest absolute Gasteiger partial charge is 0.234 e. The van der Waals surface area contributed by atoms with Crippen LogP contribution in [-0.4, -0.2) is 29.4 Å². The van der Waals surface area contributed by atoms with Gasteiger partial charge in [-0.2, -0.15) is 13.2 Å². The van der Waals surface area contributed by atoms with Crippen LogP contribution in [0.15, 0.2) is 30.3 Å². The van der Waals surface area contributed by atoms with Gasteiger partial charge in [0.05, 0.1) is 0 Å². The van der Waals surface area contributed by atoms with Crippen LogP contribution in [0.5, 0.6) is 0 Å². The summed E-state index contributed by atoms with van der Waals surface area (Å²) in [5.74, 6) is 0.568. The molecule has 0 spiro atoms. The predicted octanol–water partition coefficient (Wildman–Crippen LogP) is 4.05. The van der Waals surface area contributed by atoms with E-state index < -0.39 is 6.30 Å². The molecule has 1 aliphatic heterocycles. The summed E-state index contributed by atoms with van der Waals surface area (Å²) in [4.78, 5) is 0. The van der Waals surface area contributed by atoms with Crippen LogP contribution in [0.4, 0.5) is 13.2 Å². The number of rotatable bonds is 4. The van der Waals surface area contributed by atoms with Gasteiger partial charge in [0.2, 0.25) is 0 Å². The minimum absolute atomic E-state index is 0.110. The van der Waals surface area contributed by atoms with Gasteiger partial charge in [-0.25, -0.2) is 5.01 Å². The van der Waals surface area contributed by atoms with Gasteiger partial charge in [-0.3, -0.25) is 0 Å². The van der Waals surface area contributed by atoms with E-state index in [1.54, 1.807) is 24.3 Å². The molecule has 2 rings (SSSR count). The van der Waals surface area contributed by atoms with Gasteiger partial charge in [0.15, 0.2) is 0 Å². The van der Waals surface area contributed by atoms with Crippen molar-refractivity contribution in [2.45, 2.75) is 39.0 Å². The molecule has 112 valence electrons. The minimum Gasteiger partial charge on any atom is -0.234 e. The molecule has 0 atom stereocenters. The Kier molecular flexibility index (Phi) is 5.05. The fourth-order valence-corrected chi connectivity index (χ4v) is 2.68. The van der Waals surface area contributed by atoms with Crippen LogP contribution in [0, 0.1) is 5.92 Å². The molecule has 20 heavy (non-hydrogen) atoms. The molecular weight excluding hydrogens is 265 g/mol. The summed E-state index contributed by atoms with van der Waals surface area (Å²) < 4.78 is 39.8. The number of benzene rings is 1. The van der Waals surface area contributed by atoms with Gasteiger partial charge in [-0.15, -0.1) is 5.01 Å². The summed E-state index contributed by atoms with van der Waals surface area (Å²) in [6.45, 7) is 2.97. The van der Waals surface area contributed by atoms with E-state index in [1.165, 1.54) is 5.01 Å². The highest BCUT2D eigenvalue weighted by molar-refractivity contribution is 5.14. The van der Waals surface area contributed by atoms with Gasteiger partial charge >= 0.3 is 6.30 Å². The van der Waals surface area contributed by atoms with E-state index in [-0.39, 0.29) is 6.54 Å². The fourth-order valence-electron chi connectivity index (χ4n) is 2.68. The quantitative estimate of drug-likeness (QED) is 0.771. The van der Waals surface area contributed by atoms with Gasteiger partial charge in [0.25, 0.3) is 0 Å². The van der Waals surface area contributed by atoms with Gasteiger partial charge in [0, 0.05) is 19.6 Å². The van der Waals surface area contributed by atoms with Crippen LogP contribution < -0.4 is 0 Å². The molecule has 5 heteroatoms. The second-order valence-electron chi connectivity index (χ2n) is 5.32. The van der Waals surface area contributed by atoms with E-state index in [0.29, 0.717) is 29.6 Å². The predicted molar refractivity (Wildman–Crippen MR) is 72.6 cm³/mol. The van der Waals surface area contributed by atoms with Crippen molar-refractivity contribution in [2.75, 3.05) is 13.1 Å². The maximum atomic E-state index is 13.3. The summed E-state index contributed by atoms with van der Waals surface area (Å²) >= 11 is 0. The van der Waals surface area contributed by atoms with E-state index in [4.69, 9.17) is 0 Å². The van der Waals surface area contributed by atoms with E-state index in [1.807, 2.05) is 6.07 Å². The van der Waals surface area contributed by atoms with E-state index >= 15 is 0 Å². The van der Waals surface area contributed by atoms with Crippen molar-refractivity contribution in [1.29, 1.82) is 0 Å². The fraction of sp³-hybridized carbons (Fsp3) is 0.600. The highest BCUT2D eigenvalue weighted by atomic mass is 19.4. The number of nitrogens with zero attached hydrogens (tertiary/aromatic N) is 2. The van der Waals surface area contributed by atoms with Crippen LogP contribution >= 0.6 is 0 Å². The summed E-state index contributed by atoms with van der Waals surface area (Å²) in [7, 11) is 0. The topological polar surface area (TPSA) is 6.48 Å². The van der Waals surface area contributed by atoms with Crippen molar-refractivity contribution in [3.05, 3.63) is 35.9 Å². The molecule has 1 aromatic rings. The first-order valence-electron chi connectivity index (χ1n) is 7.14. The zero-order valence-corrected chi connectivity index (χ0v) is 11.7. The number of alkyl halides is 3. The number of hydrogen-bond acceptors (Lipinski definition) is 2. The third kappa shape index (κ3) is 3.96. The average molecular weight is 286 g/mol. The molecular formula is C15H21F3N2. The second kappa shape index (κ2) is 6.59. The van der Waals surface area contributed by atoms with Crippen LogP contribution in [-0.2, 0) is 6.54 Å². The Labute approximate surface area is 118 Å². The monoisotopic (exact) mass is 286 g/mol. The maximum absolute atomic E-state index is 13.3. The Morgan fingerprint density at radius 2 is 1.75 bits per heavy atom. The Morgan fingerprint density at radius 3 is 2.25 bits per heavy atom. The molecule has 1 heterocycles. The van der Waals surface area contributed by atoms with E-state index in [0.717, 1.165) is 19.3 Å². The highest BCUT2D eigenvalue weighted by Crippen LogP contribution is 2.29. The standard InChI is InChI=1S/C15H21F3N2/c1-2-13-8-10-19(11-9-13)20(15(16,17)18)12-14-6-4-3-5-7-14/h3-7,13H,2,8-12H2,1H3. The van der Waals surface area contributed by atoms with Crippen molar-refractivity contribution >= 4 is 0 Å². The van der Waals surface area contributed by atoms with Gasteiger partial charge in [-0.1, -0.05) is 43.7 Å². The van der Waals surface area contributed by atoms with Crippen LogP contribution in [0.1, 0.15) is 31.7 Å². The lowest BCUT2D eigenvalue weighted by Gasteiger charge is -2.40. The van der Waals surface area contributed by atoms with Crippen molar-refractivity contribution in [2.24, 2.45) is 5.92 Å². The average Bonchev–Trinajstić information content (AvgIpc) is 2.45. The zero-order chi connectivity index (χ0) is 14.6. The Morgan fingerprint density at radius 1 is 1.15 bits per heavy atom. The highest BCUT2D eigenvalue weighted by Gasteiger charge is 2.42. The lowest BCUT2D eigenvalue weighted by atomic mass is 9.95. The third-order valence-corrected chi connectivity index (χ3v) is 3.98. The summed E-state index contributed by atoms with van der Waals surface area (Å²) in [6.07, 6.45) is -1.58. The Balaban J connectivity index is 2.05. The molecule has 0 aromatic heterocycles. The summed E-state index contributed by atoms with van der Waals surface area (Å²) in [6, 6.07) is 8.82. The minimum atomic E-state index is -4.32. The van der Waals surface area contributed by atoms with Crippen LogP contribution in [0.2, 0.25) is 0 Å². The number of hydrazine groups is 1. The number of piperidine rings is 1. The van der Waals surface area contributed by atoms with Crippen LogP contribution in [0.3, 0.4) is 0 Å². The van der Waals surface area contributed by atoms with Crippen molar-refractivity contribution < 1.29 is 13.2 Å². The number of halogens is 3. The first-order chi connectivity index (χ1) is 9.50. The molecule has 0 unspecified atom stereocenters.